The van der Waals surface area contributed by atoms with Crippen LogP contribution in [-0.2, 0) is 13.1 Å². The van der Waals surface area contributed by atoms with Gasteiger partial charge in [-0.2, -0.15) is 0 Å². The van der Waals surface area contributed by atoms with Crippen LogP contribution in [0.3, 0.4) is 0 Å². The van der Waals surface area contributed by atoms with E-state index in [0.717, 1.165) is 31.2 Å². The van der Waals surface area contributed by atoms with Crippen molar-refractivity contribution in [2.45, 2.75) is 26.4 Å². The number of aliphatic imine (C=N–C) groups is 1. The Labute approximate surface area is 178 Å². The molecule has 0 atom stereocenters. The molecule has 1 heterocycles. The smallest absolute Gasteiger partial charge is 0.196 e. The van der Waals surface area contributed by atoms with Gasteiger partial charge >= 0.3 is 0 Å². The molecule has 0 aliphatic heterocycles. The van der Waals surface area contributed by atoms with Gasteiger partial charge in [-0.1, -0.05) is 48.0 Å². The van der Waals surface area contributed by atoms with Gasteiger partial charge in [-0.05, 0) is 31.0 Å². The summed E-state index contributed by atoms with van der Waals surface area (Å²) in [6, 6.07) is 18.6. The lowest BCUT2D eigenvalue weighted by Crippen LogP contribution is -2.32. The maximum atomic E-state index is 4.73. The first-order chi connectivity index (χ1) is 12.8. The Balaban J connectivity index is 0.00000261. The van der Waals surface area contributed by atoms with Crippen LogP contribution in [0, 0.1) is 6.92 Å². The van der Waals surface area contributed by atoms with Crippen molar-refractivity contribution < 1.29 is 0 Å². The molecule has 3 aromatic rings. The monoisotopic (exact) mass is 475 g/mol. The highest BCUT2D eigenvalue weighted by Crippen LogP contribution is 2.07. The Morgan fingerprint density at radius 3 is 2.56 bits per heavy atom. The van der Waals surface area contributed by atoms with E-state index in [1.165, 1.54) is 11.1 Å². The normalized spacial score (nSPS) is 10.9. The molecule has 0 saturated carbocycles. The van der Waals surface area contributed by atoms with Crippen LogP contribution < -0.4 is 10.6 Å². The second-order valence-corrected chi connectivity index (χ2v) is 6.22. The summed E-state index contributed by atoms with van der Waals surface area (Å²) >= 11 is 0. The molecule has 3 rings (SSSR count). The zero-order valence-electron chi connectivity index (χ0n) is 15.5. The molecule has 0 saturated heterocycles. The van der Waals surface area contributed by atoms with Crippen LogP contribution in [0.1, 0.15) is 17.5 Å². The van der Waals surface area contributed by atoms with Crippen LogP contribution in [0.4, 0.5) is 5.69 Å². The van der Waals surface area contributed by atoms with Crippen molar-refractivity contribution in [2.24, 2.45) is 4.99 Å². The van der Waals surface area contributed by atoms with E-state index in [1.54, 1.807) is 6.20 Å². The lowest BCUT2D eigenvalue weighted by Gasteiger charge is -2.13. The fourth-order valence-electron chi connectivity index (χ4n) is 2.55. The predicted octanol–water partition coefficient (Wildman–Crippen LogP) is 4.46. The topological polar surface area (TPSA) is 54.2 Å². The van der Waals surface area contributed by atoms with E-state index in [-0.39, 0.29) is 24.0 Å². The maximum absolute atomic E-state index is 4.73. The first-order valence-corrected chi connectivity index (χ1v) is 8.91. The molecule has 0 amide bonds. The van der Waals surface area contributed by atoms with Gasteiger partial charge in [-0.15, -0.1) is 24.0 Å². The molecular formula is C21H26IN5. The van der Waals surface area contributed by atoms with E-state index in [2.05, 4.69) is 51.4 Å². The Hall–Kier alpha value is -2.35. The van der Waals surface area contributed by atoms with Gasteiger partial charge in [-0.3, -0.25) is 0 Å². The lowest BCUT2D eigenvalue weighted by molar-refractivity contribution is 0.629. The van der Waals surface area contributed by atoms with Crippen molar-refractivity contribution in [2.75, 3.05) is 11.9 Å². The quantitative estimate of drug-likeness (QED) is 0.230. The Bertz CT molecular complexity index is 798. The fraction of sp³-hybridized carbons (Fsp3) is 0.238. The number of guanidine groups is 1. The molecule has 0 radical (unpaired) electrons. The summed E-state index contributed by atoms with van der Waals surface area (Å²) in [6.07, 6.45) is 6.62. The Morgan fingerprint density at radius 1 is 1.07 bits per heavy atom. The SMILES string of the molecule is Cc1ccc(CN=C(NCCCn2ccnc2)Nc2ccccc2)cc1.I. The van der Waals surface area contributed by atoms with Gasteiger partial charge < -0.3 is 15.2 Å². The number of aromatic nitrogens is 2. The summed E-state index contributed by atoms with van der Waals surface area (Å²) in [5, 5.41) is 6.79. The average Bonchev–Trinajstić information content (AvgIpc) is 3.18. The number of benzene rings is 2. The van der Waals surface area contributed by atoms with Crippen LogP contribution in [0.2, 0.25) is 0 Å². The Morgan fingerprint density at radius 2 is 1.85 bits per heavy atom. The number of para-hydroxylation sites is 1. The van der Waals surface area contributed by atoms with Crippen LogP contribution in [0.25, 0.3) is 0 Å². The summed E-state index contributed by atoms with van der Waals surface area (Å²) in [5.41, 5.74) is 3.48. The first-order valence-electron chi connectivity index (χ1n) is 8.91. The van der Waals surface area contributed by atoms with Crippen molar-refractivity contribution in [3.05, 3.63) is 84.4 Å². The third-order valence-electron chi connectivity index (χ3n) is 4.02. The highest BCUT2D eigenvalue weighted by atomic mass is 127. The first kappa shape index (κ1) is 21.0. The number of aryl methyl sites for hydroxylation is 2. The van der Waals surface area contributed by atoms with Crippen LogP contribution in [0.15, 0.2) is 78.3 Å². The number of anilines is 1. The number of rotatable bonds is 7. The molecule has 0 unspecified atom stereocenters. The lowest BCUT2D eigenvalue weighted by atomic mass is 10.1. The van der Waals surface area contributed by atoms with E-state index in [9.17, 15) is 0 Å². The summed E-state index contributed by atoms with van der Waals surface area (Å²) in [6.45, 7) is 4.51. The number of halogens is 1. The summed E-state index contributed by atoms with van der Waals surface area (Å²) in [4.78, 5) is 8.80. The molecule has 0 spiro atoms. The number of nitrogens with one attached hydrogen (secondary N) is 2. The van der Waals surface area contributed by atoms with Crippen molar-refractivity contribution in [1.82, 2.24) is 14.9 Å². The third-order valence-corrected chi connectivity index (χ3v) is 4.02. The molecule has 0 bridgehead atoms. The van der Waals surface area contributed by atoms with Crippen LogP contribution >= 0.6 is 24.0 Å². The minimum atomic E-state index is 0. The molecule has 0 aliphatic carbocycles. The molecule has 5 nitrogen and oxygen atoms in total. The fourth-order valence-corrected chi connectivity index (χ4v) is 2.55. The van der Waals surface area contributed by atoms with Gasteiger partial charge in [0.1, 0.15) is 0 Å². The Kier molecular flexibility index (Phi) is 8.83. The van der Waals surface area contributed by atoms with E-state index in [0.29, 0.717) is 6.54 Å². The van der Waals surface area contributed by atoms with E-state index >= 15 is 0 Å². The molecule has 0 fully saturated rings. The van der Waals surface area contributed by atoms with Crippen molar-refractivity contribution >= 4 is 35.6 Å². The molecule has 27 heavy (non-hydrogen) atoms. The van der Waals surface area contributed by atoms with Crippen molar-refractivity contribution in [3.8, 4) is 0 Å². The van der Waals surface area contributed by atoms with Gasteiger partial charge in [0, 0.05) is 31.2 Å². The number of hydrogen-bond acceptors (Lipinski definition) is 2. The van der Waals surface area contributed by atoms with E-state index < -0.39 is 0 Å². The number of hydrogen-bond donors (Lipinski definition) is 2. The zero-order chi connectivity index (χ0) is 18.0. The largest absolute Gasteiger partial charge is 0.356 e. The number of imidazole rings is 1. The van der Waals surface area contributed by atoms with Crippen molar-refractivity contribution in [3.63, 3.8) is 0 Å². The van der Waals surface area contributed by atoms with E-state index in [1.807, 2.05) is 42.9 Å². The van der Waals surface area contributed by atoms with Gasteiger partial charge in [0.2, 0.25) is 0 Å². The molecule has 2 N–H and O–H groups in total. The predicted molar refractivity (Wildman–Crippen MR) is 123 cm³/mol. The molecule has 2 aromatic carbocycles. The molecular weight excluding hydrogens is 449 g/mol. The molecule has 142 valence electrons. The van der Waals surface area contributed by atoms with Gasteiger partial charge in [0.25, 0.3) is 0 Å². The third kappa shape index (κ3) is 7.42. The second kappa shape index (κ2) is 11.4. The van der Waals surface area contributed by atoms with Gasteiger partial charge in [0.05, 0.1) is 12.9 Å². The highest BCUT2D eigenvalue weighted by Gasteiger charge is 2.01. The summed E-state index contributed by atoms with van der Waals surface area (Å²) in [7, 11) is 0. The van der Waals surface area contributed by atoms with Crippen LogP contribution in [-0.4, -0.2) is 22.1 Å². The maximum Gasteiger partial charge on any atom is 0.196 e. The van der Waals surface area contributed by atoms with Crippen molar-refractivity contribution in [1.29, 1.82) is 0 Å². The zero-order valence-corrected chi connectivity index (χ0v) is 17.8. The average molecular weight is 475 g/mol. The molecule has 6 heteroatoms. The summed E-state index contributed by atoms with van der Waals surface area (Å²) in [5.74, 6) is 0.794. The number of nitrogens with zero attached hydrogens (tertiary/aromatic N) is 3. The minimum Gasteiger partial charge on any atom is -0.356 e. The van der Waals surface area contributed by atoms with E-state index in [4.69, 9.17) is 4.99 Å². The summed E-state index contributed by atoms with van der Waals surface area (Å²) < 4.78 is 2.08. The van der Waals surface area contributed by atoms with Crippen LogP contribution in [0.5, 0.6) is 0 Å². The highest BCUT2D eigenvalue weighted by molar-refractivity contribution is 14.0. The molecule has 1 aromatic heterocycles. The minimum absolute atomic E-state index is 0. The van der Waals surface area contributed by atoms with Gasteiger partial charge in [-0.25, -0.2) is 9.98 Å². The van der Waals surface area contributed by atoms with Gasteiger partial charge in [0.15, 0.2) is 5.96 Å². The molecule has 0 aliphatic rings. The second-order valence-electron chi connectivity index (χ2n) is 6.22. The standard InChI is InChI=1S/C21H25N5.HI/c1-18-8-10-19(11-9-18)16-24-21(25-20-6-3-2-4-7-20)23-12-5-14-26-15-13-22-17-26;/h2-4,6-11,13,15,17H,5,12,14,16H2,1H3,(H2,23,24,25);1H.